The fourth-order valence-electron chi connectivity index (χ4n) is 2.86. The van der Waals surface area contributed by atoms with E-state index in [2.05, 4.69) is 18.7 Å². The molecule has 1 heterocycles. The standard InChI is InChI=1S/C15H26N2O2S/c1-4-11(5-2)17(9-10-19-3)15-16-14-12(18)7-6-8-13(14)20-15/h11-12,18H,4-10H2,1-3H3. The molecule has 0 aromatic carbocycles. The van der Waals surface area contributed by atoms with Gasteiger partial charge in [-0.1, -0.05) is 13.8 Å². The van der Waals surface area contributed by atoms with E-state index in [1.165, 1.54) is 4.88 Å². The Morgan fingerprint density at radius 2 is 2.20 bits per heavy atom. The van der Waals surface area contributed by atoms with E-state index in [0.29, 0.717) is 12.6 Å². The summed E-state index contributed by atoms with van der Waals surface area (Å²) in [6.07, 6.45) is 4.82. The van der Waals surface area contributed by atoms with Crippen molar-refractivity contribution in [3.05, 3.63) is 10.6 Å². The minimum Gasteiger partial charge on any atom is -0.387 e. The fraction of sp³-hybridized carbons (Fsp3) is 0.800. The molecule has 1 aliphatic rings. The van der Waals surface area contributed by atoms with Crippen LogP contribution in [0.1, 0.15) is 56.2 Å². The maximum absolute atomic E-state index is 10.1. The first-order chi connectivity index (χ1) is 9.71. The smallest absolute Gasteiger partial charge is 0.186 e. The summed E-state index contributed by atoms with van der Waals surface area (Å²) in [5.41, 5.74) is 0.921. The number of fused-ring (bicyclic) bond motifs is 1. The largest absolute Gasteiger partial charge is 0.387 e. The molecule has 1 aromatic rings. The van der Waals surface area contributed by atoms with Crippen molar-refractivity contribution >= 4 is 16.5 Å². The summed E-state index contributed by atoms with van der Waals surface area (Å²) in [6, 6.07) is 0.495. The molecule has 114 valence electrons. The van der Waals surface area contributed by atoms with Crippen LogP contribution >= 0.6 is 11.3 Å². The Bertz CT molecular complexity index is 418. The lowest BCUT2D eigenvalue weighted by Gasteiger charge is -2.30. The molecule has 4 nitrogen and oxygen atoms in total. The number of aliphatic hydroxyl groups is 1. The monoisotopic (exact) mass is 298 g/mol. The maximum atomic E-state index is 10.1. The molecule has 1 atom stereocenters. The summed E-state index contributed by atoms with van der Waals surface area (Å²) in [5, 5.41) is 11.1. The summed E-state index contributed by atoms with van der Waals surface area (Å²) >= 11 is 1.76. The van der Waals surface area contributed by atoms with E-state index in [1.54, 1.807) is 18.4 Å². The number of ether oxygens (including phenoxy) is 1. The van der Waals surface area contributed by atoms with Crippen molar-refractivity contribution in [2.45, 2.75) is 58.1 Å². The van der Waals surface area contributed by atoms with Gasteiger partial charge in [0.2, 0.25) is 0 Å². The van der Waals surface area contributed by atoms with Crippen LogP contribution in [-0.4, -0.2) is 36.4 Å². The molecular weight excluding hydrogens is 272 g/mol. The lowest BCUT2D eigenvalue weighted by atomic mass is 10.0. The zero-order valence-corrected chi connectivity index (χ0v) is 13.6. The van der Waals surface area contributed by atoms with Crippen molar-refractivity contribution in [2.75, 3.05) is 25.2 Å². The first-order valence-electron chi connectivity index (χ1n) is 7.64. The molecule has 1 aromatic heterocycles. The van der Waals surface area contributed by atoms with Gasteiger partial charge in [-0.3, -0.25) is 0 Å². The summed E-state index contributed by atoms with van der Waals surface area (Å²) in [5.74, 6) is 0. The van der Waals surface area contributed by atoms with Crippen molar-refractivity contribution in [1.82, 2.24) is 4.98 Å². The van der Waals surface area contributed by atoms with Gasteiger partial charge in [0.1, 0.15) is 0 Å². The van der Waals surface area contributed by atoms with Crippen molar-refractivity contribution in [3.63, 3.8) is 0 Å². The molecule has 0 saturated heterocycles. The van der Waals surface area contributed by atoms with Gasteiger partial charge in [0.25, 0.3) is 0 Å². The molecule has 0 amide bonds. The molecular formula is C15H26N2O2S. The summed E-state index contributed by atoms with van der Waals surface area (Å²) < 4.78 is 5.24. The van der Waals surface area contributed by atoms with E-state index >= 15 is 0 Å². The Balaban J connectivity index is 2.23. The van der Waals surface area contributed by atoms with Gasteiger partial charge in [-0.05, 0) is 32.1 Å². The first-order valence-corrected chi connectivity index (χ1v) is 8.46. The Labute approximate surface area is 125 Å². The topological polar surface area (TPSA) is 45.6 Å². The number of nitrogens with zero attached hydrogens (tertiary/aromatic N) is 2. The average Bonchev–Trinajstić information content (AvgIpc) is 2.88. The van der Waals surface area contributed by atoms with E-state index in [1.807, 2.05) is 0 Å². The number of aliphatic hydroxyl groups excluding tert-OH is 1. The average molecular weight is 298 g/mol. The van der Waals surface area contributed by atoms with E-state index in [9.17, 15) is 5.11 Å². The molecule has 0 spiro atoms. The van der Waals surface area contributed by atoms with Gasteiger partial charge in [0.15, 0.2) is 5.13 Å². The highest BCUT2D eigenvalue weighted by atomic mass is 32.1. The lowest BCUT2D eigenvalue weighted by Crippen LogP contribution is -2.37. The first kappa shape index (κ1) is 15.7. The summed E-state index contributed by atoms with van der Waals surface area (Å²) in [4.78, 5) is 8.37. The van der Waals surface area contributed by atoms with Crippen LogP contribution in [0.3, 0.4) is 0 Å². The van der Waals surface area contributed by atoms with Crippen molar-refractivity contribution in [3.8, 4) is 0 Å². The Morgan fingerprint density at radius 3 is 2.80 bits per heavy atom. The lowest BCUT2D eigenvalue weighted by molar-refractivity contribution is 0.153. The molecule has 1 aliphatic carbocycles. The number of aromatic nitrogens is 1. The second kappa shape index (κ2) is 7.38. The van der Waals surface area contributed by atoms with Gasteiger partial charge in [-0.2, -0.15) is 0 Å². The third kappa shape index (κ3) is 3.32. The van der Waals surface area contributed by atoms with E-state index < -0.39 is 0 Å². The minimum atomic E-state index is -0.366. The molecule has 5 heteroatoms. The summed E-state index contributed by atoms with van der Waals surface area (Å²) in [7, 11) is 1.74. The molecule has 20 heavy (non-hydrogen) atoms. The molecule has 0 bridgehead atoms. The Hall–Kier alpha value is -0.650. The minimum absolute atomic E-state index is 0.366. The molecule has 1 unspecified atom stereocenters. The van der Waals surface area contributed by atoms with E-state index in [0.717, 1.165) is 49.5 Å². The van der Waals surface area contributed by atoms with Crippen LogP contribution in [0.15, 0.2) is 0 Å². The fourth-order valence-corrected chi connectivity index (χ4v) is 4.11. The van der Waals surface area contributed by atoms with Crippen molar-refractivity contribution in [2.24, 2.45) is 0 Å². The van der Waals surface area contributed by atoms with Gasteiger partial charge in [-0.15, -0.1) is 11.3 Å². The molecule has 2 rings (SSSR count). The third-order valence-electron chi connectivity index (χ3n) is 4.08. The van der Waals surface area contributed by atoms with Crippen LogP contribution in [0.4, 0.5) is 5.13 Å². The maximum Gasteiger partial charge on any atom is 0.186 e. The van der Waals surface area contributed by atoms with E-state index in [-0.39, 0.29) is 6.10 Å². The number of hydrogen-bond acceptors (Lipinski definition) is 5. The van der Waals surface area contributed by atoms with Gasteiger partial charge in [-0.25, -0.2) is 4.98 Å². The molecule has 1 N–H and O–H groups in total. The van der Waals surface area contributed by atoms with Gasteiger partial charge in [0.05, 0.1) is 18.4 Å². The predicted molar refractivity (Wildman–Crippen MR) is 83.6 cm³/mol. The Kier molecular flexibility index (Phi) is 5.81. The molecule has 0 radical (unpaired) electrons. The zero-order valence-electron chi connectivity index (χ0n) is 12.8. The summed E-state index contributed by atoms with van der Waals surface area (Å²) in [6.45, 7) is 6.02. The number of hydrogen-bond donors (Lipinski definition) is 1. The van der Waals surface area contributed by atoms with Crippen molar-refractivity contribution < 1.29 is 9.84 Å². The second-order valence-electron chi connectivity index (χ2n) is 5.37. The zero-order chi connectivity index (χ0) is 14.5. The van der Waals surface area contributed by atoms with Gasteiger partial charge < -0.3 is 14.7 Å². The SMILES string of the molecule is CCC(CC)N(CCOC)c1nc2c(s1)CCCC2O. The predicted octanol–water partition coefficient (Wildman–Crippen LogP) is 3.15. The van der Waals surface area contributed by atoms with Crippen LogP contribution in [-0.2, 0) is 11.2 Å². The normalized spacial score (nSPS) is 18.4. The van der Waals surface area contributed by atoms with E-state index in [4.69, 9.17) is 9.72 Å². The van der Waals surface area contributed by atoms with Crippen LogP contribution in [0.2, 0.25) is 0 Å². The number of aryl methyl sites for hydroxylation is 1. The number of rotatable bonds is 7. The molecule has 0 saturated carbocycles. The van der Waals surface area contributed by atoms with Crippen LogP contribution in [0, 0.1) is 0 Å². The third-order valence-corrected chi connectivity index (χ3v) is 5.25. The van der Waals surface area contributed by atoms with Crippen LogP contribution in [0.25, 0.3) is 0 Å². The molecule has 0 fully saturated rings. The van der Waals surface area contributed by atoms with Gasteiger partial charge in [0, 0.05) is 24.6 Å². The second-order valence-corrected chi connectivity index (χ2v) is 6.43. The number of methoxy groups -OCH3 is 1. The van der Waals surface area contributed by atoms with Gasteiger partial charge >= 0.3 is 0 Å². The highest BCUT2D eigenvalue weighted by molar-refractivity contribution is 7.15. The Morgan fingerprint density at radius 1 is 1.45 bits per heavy atom. The quantitative estimate of drug-likeness (QED) is 0.840. The highest BCUT2D eigenvalue weighted by Crippen LogP contribution is 2.37. The van der Waals surface area contributed by atoms with Crippen molar-refractivity contribution in [1.29, 1.82) is 0 Å². The highest BCUT2D eigenvalue weighted by Gasteiger charge is 2.26. The molecule has 0 aliphatic heterocycles. The number of thiazole rings is 1. The van der Waals surface area contributed by atoms with Crippen LogP contribution in [0.5, 0.6) is 0 Å². The number of anilines is 1. The van der Waals surface area contributed by atoms with Crippen LogP contribution < -0.4 is 4.90 Å².